The number of nitrogens with two attached hydrogens (primary N) is 1. The summed E-state index contributed by atoms with van der Waals surface area (Å²) in [5.74, 6) is -0.440. The van der Waals surface area contributed by atoms with Gasteiger partial charge in [0.05, 0.1) is 11.1 Å². The maximum absolute atomic E-state index is 13.9. The van der Waals surface area contributed by atoms with Crippen molar-refractivity contribution >= 4 is 11.6 Å². The summed E-state index contributed by atoms with van der Waals surface area (Å²) in [7, 11) is 0. The molecule has 94 valence electrons. The Morgan fingerprint density at radius 2 is 1.83 bits per heavy atom. The topological polar surface area (TPSA) is 26.0 Å². The molecule has 0 fully saturated rings. The molecule has 2 aromatic carbocycles. The van der Waals surface area contributed by atoms with Gasteiger partial charge in [-0.05, 0) is 36.6 Å². The molecule has 1 unspecified atom stereocenters. The summed E-state index contributed by atoms with van der Waals surface area (Å²) in [6, 6.07) is 10.3. The predicted molar refractivity (Wildman–Crippen MR) is 73.4 cm³/mol. The van der Waals surface area contributed by atoms with Crippen molar-refractivity contribution in [1.29, 1.82) is 0 Å². The molecule has 0 spiro atoms. The van der Waals surface area contributed by atoms with E-state index in [2.05, 4.69) is 0 Å². The second kappa shape index (κ2) is 5.09. The number of aryl methyl sites for hydroxylation is 2. The van der Waals surface area contributed by atoms with Crippen LogP contribution >= 0.6 is 11.6 Å². The molecule has 2 aromatic rings. The summed E-state index contributed by atoms with van der Waals surface area (Å²) < 4.78 is 13.9. The minimum absolute atomic E-state index is 0.104. The number of halogens is 2. The Morgan fingerprint density at radius 1 is 1.11 bits per heavy atom. The van der Waals surface area contributed by atoms with Gasteiger partial charge in [0.15, 0.2) is 0 Å². The second-order valence-corrected chi connectivity index (χ2v) is 4.87. The van der Waals surface area contributed by atoms with E-state index >= 15 is 0 Å². The van der Waals surface area contributed by atoms with Gasteiger partial charge in [0.25, 0.3) is 0 Å². The first-order valence-electron chi connectivity index (χ1n) is 5.77. The van der Waals surface area contributed by atoms with E-state index in [-0.39, 0.29) is 5.02 Å². The molecule has 0 aliphatic carbocycles. The molecule has 0 saturated carbocycles. The SMILES string of the molecule is Cc1ccc(C(N)c2cccc(Cl)c2F)cc1C. The molecule has 0 amide bonds. The third kappa shape index (κ3) is 2.40. The average molecular weight is 264 g/mol. The summed E-state index contributed by atoms with van der Waals surface area (Å²) in [6.45, 7) is 4.05. The maximum Gasteiger partial charge on any atom is 0.146 e. The molecule has 0 aromatic heterocycles. The molecule has 18 heavy (non-hydrogen) atoms. The highest BCUT2D eigenvalue weighted by atomic mass is 35.5. The van der Waals surface area contributed by atoms with Gasteiger partial charge in [-0.15, -0.1) is 0 Å². The van der Waals surface area contributed by atoms with Crippen LogP contribution in [0.2, 0.25) is 5.02 Å². The molecular weight excluding hydrogens is 249 g/mol. The van der Waals surface area contributed by atoms with Gasteiger partial charge in [0.1, 0.15) is 5.82 Å². The third-order valence-electron chi connectivity index (χ3n) is 3.21. The lowest BCUT2D eigenvalue weighted by Gasteiger charge is -2.15. The summed E-state index contributed by atoms with van der Waals surface area (Å²) in [5, 5.41) is 0.104. The van der Waals surface area contributed by atoms with Crippen LogP contribution in [0.3, 0.4) is 0 Å². The Labute approximate surface area is 111 Å². The molecular formula is C15H15ClFN. The van der Waals surface area contributed by atoms with Gasteiger partial charge in [-0.3, -0.25) is 0 Å². The lowest BCUT2D eigenvalue weighted by molar-refractivity contribution is 0.600. The number of hydrogen-bond acceptors (Lipinski definition) is 1. The first kappa shape index (κ1) is 13.1. The normalized spacial score (nSPS) is 12.5. The molecule has 0 aliphatic rings. The summed E-state index contributed by atoms with van der Waals surface area (Å²) in [4.78, 5) is 0. The number of benzene rings is 2. The van der Waals surface area contributed by atoms with Crippen LogP contribution in [0.15, 0.2) is 36.4 Å². The maximum atomic E-state index is 13.9. The Kier molecular flexibility index (Phi) is 3.69. The standard InChI is InChI=1S/C15H15ClFN/c1-9-6-7-11(8-10(9)2)15(18)12-4-3-5-13(16)14(12)17/h3-8,15H,18H2,1-2H3. The Morgan fingerprint density at radius 3 is 2.50 bits per heavy atom. The van der Waals surface area contributed by atoms with Crippen LogP contribution in [0, 0.1) is 19.7 Å². The fraction of sp³-hybridized carbons (Fsp3) is 0.200. The summed E-state index contributed by atoms with van der Waals surface area (Å²) in [6.07, 6.45) is 0. The molecule has 1 nitrogen and oxygen atoms in total. The van der Waals surface area contributed by atoms with E-state index in [1.54, 1.807) is 12.1 Å². The Bertz CT molecular complexity index is 581. The molecule has 0 radical (unpaired) electrons. The molecule has 2 N–H and O–H groups in total. The van der Waals surface area contributed by atoms with Crippen molar-refractivity contribution in [2.24, 2.45) is 5.73 Å². The molecule has 0 aliphatic heterocycles. The van der Waals surface area contributed by atoms with Crippen molar-refractivity contribution in [1.82, 2.24) is 0 Å². The van der Waals surface area contributed by atoms with Crippen LogP contribution in [0.25, 0.3) is 0 Å². The highest BCUT2D eigenvalue weighted by Gasteiger charge is 2.15. The van der Waals surface area contributed by atoms with Gasteiger partial charge in [-0.2, -0.15) is 0 Å². The molecule has 0 heterocycles. The van der Waals surface area contributed by atoms with E-state index in [1.165, 1.54) is 11.6 Å². The quantitative estimate of drug-likeness (QED) is 0.866. The van der Waals surface area contributed by atoms with Crippen molar-refractivity contribution in [3.63, 3.8) is 0 Å². The van der Waals surface area contributed by atoms with Gasteiger partial charge in [0, 0.05) is 5.56 Å². The average Bonchev–Trinajstić information content (AvgIpc) is 2.35. The fourth-order valence-corrected chi connectivity index (χ4v) is 2.08. The van der Waals surface area contributed by atoms with Gasteiger partial charge < -0.3 is 5.73 Å². The van der Waals surface area contributed by atoms with Crippen LogP contribution in [-0.2, 0) is 0 Å². The van der Waals surface area contributed by atoms with Crippen LogP contribution in [0.1, 0.15) is 28.3 Å². The molecule has 0 saturated heterocycles. The van der Waals surface area contributed by atoms with E-state index < -0.39 is 11.9 Å². The monoisotopic (exact) mass is 263 g/mol. The van der Waals surface area contributed by atoms with Crippen LogP contribution in [0.4, 0.5) is 4.39 Å². The summed E-state index contributed by atoms with van der Waals surface area (Å²) in [5.41, 5.74) is 9.75. The number of rotatable bonds is 2. The first-order chi connectivity index (χ1) is 8.50. The summed E-state index contributed by atoms with van der Waals surface area (Å²) >= 11 is 5.77. The van der Waals surface area contributed by atoms with Crippen LogP contribution in [-0.4, -0.2) is 0 Å². The predicted octanol–water partition coefficient (Wildman–Crippen LogP) is 4.14. The smallest absolute Gasteiger partial charge is 0.146 e. The zero-order chi connectivity index (χ0) is 13.3. The largest absolute Gasteiger partial charge is 0.320 e. The van der Waals surface area contributed by atoms with Crippen molar-refractivity contribution in [2.75, 3.05) is 0 Å². The fourth-order valence-electron chi connectivity index (χ4n) is 1.90. The van der Waals surface area contributed by atoms with E-state index in [0.717, 1.165) is 11.1 Å². The zero-order valence-electron chi connectivity index (χ0n) is 10.4. The van der Waals surface area contributed by atoms with E-state index in [4.69, 9.17) is 17.3 Å². The van der Waals surface area contributed by atoms with Gasteiger partial charge in [-0.1, -0.05) is 41.9 Å². The van der Waals surface area contributed by atoms with Crippen molar-refractivity contribution < 1.29 is 4.39 Å². The third-order valence-corrected chi connectivity index (χ3v) is 3.50. The van der Waals surface area contributed by atoms with Crippen LogP contribution in [0.5, 0.6) is 0 Å². The van der Waals surface area contributed by atoms with Gasteiger partial charge in [-0.25, -0.2) is 4.39 Å². The van der Waals surface area contributed by atoms with Crippen molar-refractivity contribution in [2.45, 2.75) is 19.9 Å². The minimum Gasteiger partial charge on any atom is -0.320 e. The molecule has 3 heteroatoms. The highest BCUT2D eigenvalue weighted by molar-refractivity contribution is 6.30. The van der Waals surface area contributed by atoms with E-state index in [1.807, 2.05) is 32.0 Å². The van der Waals surface area contributed by atoms with Crippen molar-refractivity contribution in [3.8, 4) is 0 Å². The zero-order valence-corrected chi connectivity index (χ0v) is 11.1. The van der Waals surface area contributed by atoms with Gasteiger partial charge >= 0.3 is 0 Å². The first-order valence-corrected chi connectivity index (χ1v) is 6.15. The Balaban J connectivity index is 2.44. The number of hydrogen-bond donors (Lipinski definition) is 1. The van der Waals surface area contributed by atoms with Gasteiger partial charge in [0.2, 0.25) is 0 Å². The van der Waals surface area contributed by atoms with E-state index in [0.29, 0.717) is 5.56 Å². The Hall–Kier alpha value is -1.38. The molecule has 0 bridgehead atoms. The van der Waals surface area contributed by atoms with Crippen molar-refractivity contribution in [3.05, 3.63) is 69.5 Å². The second-order valence-electron chi connectivity index (χ2n) is 4.46. The highest BCUT2D eigenvalue weighted by Crippen LogP contribution is 2.27. The molecule has 2 rings (SSSR count). The molecule has 1 atom stereocenters. The van der Waals surface area contributed by atoms with Crippen LogP contribution < -0.4 is 5.73 Å². The lowest BCUT2D eigenvalue weighted by Crippen LogP contribution is -2.14. The minimum atomic E-state index is -0.497. The van der Waals surface area contributed by atoms with E-state index in [9.17, 15) is 4.39 Å². The lowest BCUT2D eigenvalue weighted by atomic mass is 9.96.